The molecule has 0 amide bonds. The predicted octanol–water partition coefficient (Wildman–Crippen LogP) is 1.38. The standard InChI is InChI=1S/C8H10BrNO5S/c1-3-10(2)16(13,14)6-4-5(8(11)12)15-7(6)9/h4H,3H2,1-2H3,(H,11,12). The van der Waals surface area contributed by atoms with Crippen molar-refractivity contribution < 1.29 is 22.7 Å². The summed E-state index contributed by atoms with van der Waals surface area (Å²) in [6.07, 6.45) is 0. The molecule has 0 spiro atoms. The Bertz CT molecular complexity index is 506. The van der Waals surface area contributed by atoms with Crippen molar-refractivity contribution in [2.45, 2.75) is 11.8 Å². The third-order valence-corrected chi connectivity index (χ3v) is 4.79. The highest BCUT2D eigenvalue weighted by atomic mass is 79.9. The Kier molecular flexibility index (Phi) is 3.76. The number of furan rings is 1. The Hall–Kier alpha value is -0.860. The van der Waals surface area contributed by atoms with E-state index in [0.717, 1.165) is 10.4 Å². The summed E-state index contributed by atoms with van der Waals surface area (Å²) >= 11 is 2.88. The lowest BCUT2D eigenvalue weighted by Crippen LogP contribution is -2.26. The lowest BCUT2D eigenvalue weighted by Gasteiger charge is -2.12. The topological polar surface area (TPSA) is 87.8 Å². The maximum Gasteiger partial charge on any atom is 0.371 e. The first-order chi connectivity index (χ1) is 7.30. The Morgan fingerprint density at radius 3 is 2.56 bits per heavy atom. The average Bonchev–Trinajstić information content (AvgIpc) is 2.59. The molecular formula is C8H10BrNO5S. The van der Waals surface area contributed by atoms with Gasteiger partial charge in [-0.1, -0.05) is 6.92 Å². The maximum absolute atomic E-state index is 11.9. The number of carboxylic acid groups (broad SMARTS) is 1. The van der Waals surface area contributed by atoms with Crippen LogP contribution in [0.5, 0.6) is 0 Å². The zero-order valence-electron chi connectivity index (χ0n) is 8.60. The molecule has 1 N–H and O–H groups in total. The minimum Gasteiger partial charge on any atom is -0.475 e. The van der Waals surface area contributed by atoms with Gasteiger partial charge in [-0.25, -0.2) is 17.5 Å². The summed E-state index contributed by atoms with van der Waals surface area (Å²) in [4.78, 5) is 10.4. The summed E-state index contributed by atoms with van der Waals surface area (Å²) in [6, 6.07) is 0.980. The lowest BCUT2D eigenvalue weighted by molar-refractivity contribution is 0.0661. The number of carboxylic acids is 1. The number of rotatable bonds is 4. The molecule has 0 saturated carbocycles. The van der Waals surface area contributed by atoms with E-state index in [1.165, 1.54) is 7.05 Å². The minimum absolute atomic E-state index is 0.106. The first-order valence-corrected chi connectivity index (χ1v) is 6.53. The van der Waals surface area contributed by atoms with Crippen molar-refractivity contribution in [1.82, 2.24) is 4.31 Å². The van der Waals surface area contributed by atoms with Crippen LogP contribution in [0.1, 0.15) is 17.5 Å². The van der Waals surface area contributed by atoms with E-state index in [-0.39, 0.29) is 16.1 Å². The third kappa shape index (κ3) is 2.28. The number of hydrogen-bond acceptors (Lipinski definition) is 4. The molecule has 0 saturated heterocycles. The van der Waals surface area contributed by atoms with Crippen LogP contribution in [-0.4, -0.2) is 37.4 Å². The van der Waals surface area contributed by atoms with E-state index in [9.17, 15) is 13.2 Å². The van der Waals surface area contributed by atoms with Gasteiger partial charge in [0.25, 0.3) is 0 Å². The zero-order valence-corrected chi connectivity index (χ0v) is 11.0. The van der Waals surface area contributed by atoms with Gasteiger partial charge < -0.3 is 9.52 Å². The predicted molar refractivity (Wildman–Crippen MR) is 58.9 cm³/mol. The van der Waals surface area contributed by atoms with Crippen molar-refractivity contribution in [3.63, 3.8) is 0 Å². The molecule has 8 heteroatoms. The highest BCUT2D eigenvalue weighted by molar-refractivity contribution is 9.10. The molecule has 1 aromatic rings. The van der Waals surface area contributed by atoms with E-state index in [4.69, 9.17) is 9.52 Å². The fourth-order valence-electron chi connectivity index (χ4n) is 0.971. The monoisotopic (exact) mass is 311 g/mol. The molecule has 0 aromatic carbocycles. The second-order valence-electron chi connectivity index (χ2n) is 2.97. The molecule has 0 unspecified atom stereocenters. The van der Waals surface area contributed by atoms with Gasteiger partial charge in [0, 0.05) is 19.7 Å². The number of nitrogens with zero attached hydrogens (tertiary/aromatic N) is 1. The van der Waals surface area contributed by atoms with E-state index in [0.29, 0.717) is 0 Å². The molecule has 0 atom stereocenters. The third-order valence-electron chi connectivity index (χ3n) is 2.00. The first-order valence-electron chi connectivity index (χ1n) is 4.29. The number of carbonyl (C=O) groups is 1. The fourth-order valence-corrected chi connectivity index (χ4v) is 3.05. The van der Waals surface area contributed by atoms with Gasteiger partial charge >= 0.3 is 5.97 Å². The van der Waals surface area contributed by atoms with Crippen LogP contribution in [0.25, 0.3) is 0 Å². The molecule has 0 aliphatic heterocycles. The SMILES string of the molecule is CCN(C)S(=O)(=O)c1cc(C(=O)O)oc1Br. The molecule has 1 rings (SSSR count). The largest absolute Gasteiger partial charge is 0.475 e. The zero-order chi connectivity index (χ0) is 12.5. The van der Waals surface area contributed by atoms with Crippen LogP contribution in [-0.2, 0) is 10.0 Å². The number of hydrogen-bond donors (Lipinski definition) is 1. The molecule has 1 heterocycles. The van der Waals surface area contributed by atoms with Gasteiger partial charge in [0.05, 0.1) is 0 Å². The Morgan fingerprint density at radius 1 is 1.62 bits per heavy atom. The molecule has 0 fully saturated rings. The van der Waals surface area contributed by atoms with Gasteiger partial charge in [0.2, 0.25) is 15.8 Å². The van der Waals surface area contributed by atoms with Crippen LogP contribution in [0.4, 0.5) is 0 Å². The van der Waals surface area contributed by atoms with Crippen molar-refractivity contribution in [3.05, 3.63) is 16.5 Å². The van der Waals surface area contributed by atoms with Gasteiger partial charge in [-0.2, -0.15) is 0 Å². The van der Waals surface area contributed by atoms with Crippen LogP contribution >= 0.6 is 15.9 Å². The fraction of sp³-hybridized carbons (Fsp3) is 0.375. The maximum atomic E-state index is 11.9. The second-order valence-corrected chi connectivity index (χ2v) is 5.71. The molecule has 0 bridgehead atoms. The van der Waals surface area contributed by atoms with E-state index >= 15 is 0 Å². The van der Waals surface area contributed by atoms with Gasteiger partial charge in [-0.05, 0) is 15.9 Å². The quantitative estimate of drug-likeness (QED) is 0.907. The smallest absolute Gasteiger partial charge is 0.371 e. The lowest BCUT2D eigenvalue weighted by atomic mass is 10.5. The summed E-state index contributed by atoms with van der Waals surface area (Å²) in [5.74, 6) is -1.74. The Labute approximate surface area is 101 Å². The van der Waals surface area contributed by atoms with Crippen LogP contribution in [0.15, 0.2) is 20.0 Å². The summed E-state index contributed by atoms with van der Waals surface area (Å²) in [5, 5.41) is 8.66. The Morgan fingerprint density at radius 2 is 2.19 bits per heavy atom. The van der Waals surface area contributed by atoms with Crippen LogP contribution < -0.4 is 0 Å². The molecule has 0 aliphatic carbocycles. The molecule has 0 aliphatic rings. The van der Waals surface area contributed by atoms with Crippen molar-refractivity contribution in [2.24, 2.45) is 0 Å². The van der Waals surface area contributed by atoms with Gasteiger partial charge in [0.1, 0.15) is 4.90 Å². The van der Waals surface area contributed by atoms with E-state index in [1.54, 1.807) is 6.92 Å². The van der Waals surface area contributed by atoms with Gasteiger partial charge in [-0.3, -0.25) is 0 Å². The molecular weight excluding hydrogens is 302 g/mol. The van der Waals surface area contributed by atoms with Crippen LogP contribution in [0, 0.1) is 0 Å². The summed E-state index contributed by atoms with van der Waals surface area (Å²) < 4.78 is 29.5. The molecule has 90 valence electrons. The van der Waals surface area contributed by atoms with E-state index in [1.807, 2.05) is 0 Å². The second kappa shape index (κ2) is 4.56. The molecule has 6 nitrogen and oxygen atoms in total. The van der Waals surface area contributed by atoms with Crippen molar-refractivity contribution in [1.29, 1.82) is 0 Å². The van der Waals surface area contributed by atoms with Crippen molar-refractivity contribution >= 4 is 31.9 Å². The first kappa shape index (κ1) is 13.2. The molecule has 1 aromatic heterocycles. The number of aromatic carboxylic acids is 1. The van der Waals surface area contributed by atoms with Gasteiger partial charge in [0.15, 0.2) is 4.67 Å². The summed E-state index contributed by atoms with van der Waals surface area (Å²) in [6.45, 7) is 1.95. The highest BCUT2D eigenvalue weighted by Gasteiger charge is 2.27. The number of sulfonamides is 1. The summed E-state index contributed by atoms with van der Waals surface area (Å²) in [5.41, 5.74) is 0. The summed E-state index contributed by atoms with van der Waals surface area (Å²) in [7, 11) is -2.31. The van der Waals surface area contributed by atoms with Crippen LogP contribution in [0.3, 0.4) is 0 Å². The normalized spacial score (nSPS) is 12.0. The molecule has 0 radical (unpaired) electrons. The van der Waals surface area contributed by atoms with Crippen molar-refractivity contribution in [2.75, 3.05) is 13.6 Å². The Balaban J connectivity index is 3.29. The average molecular weight is 312 g/mol. The van der Waals surface area contributed by atoms with E-state index < -0.39 is 21.8 Å². The van der Waals surface area contributed by atoms with Gasteiger partial charge in [-0.15, -0.1) is 0 Å². The van der Waals surface area contributed by atoms with Crippen LogP contribution in [0.2, 0.25) is 0 Å². The molecule has 16 heavy (non-hydrogen) atoms. The minimum atomic E-state index is -3.70. The van der Waals surface area contributed by atoms with E-state index in [2.05, 4.69) is 15.9 Å². The highest BCUT2D eigenvalue weighted by Crippen LogP contribution is 2.28. The number of halogens is 1. The van der Waals surface area contributed by atoms with Crippen molar-refractivity contribution in [3.8, 4) is 0 Å².